The lowest BCUT2D eigenvalue weighted by molar-refractivity contribution is 0.0791. The quantitative estimate of drug-likeness (QED) is 0.537. The molecule has 0 radical (unpaired) electrons. The zero-order valence-corrected chi connectivity index (χ0v) is 16.5. The summed E-state index contributed by atoms with van der Waals surface area (Å²) in [6.45, 7) is 3.14. The summed E-state index contributed by atoms with van der Waals surface area (Å²) in [5.74, 6) is 0.888. The van der Waals surface area contributed by atoms with Gasteiger partial charge in [0, 0.05) is 20.0 Å². The van der Waals surface area contributed by atoms with Crippen molar-refractivity contribution in [3.63, 3.8) is 0 Å². The zero-order chi connectivity index (χ0) is 19.1. The number of carbonyl (C=O) groups is 1. The molecule has 27 heavy (non-hydrogen) atoms. The third-order valence-electron chi connectivity index (χ3n) is 4.23. The number of carbonyl (C=O) groups excluding carboxylic acids is 1. The largest absolute Gasteiger partial charge is 0.494 e. The average Bonchev–Trinajstić information content (AvgIpc) is 3.06. The Hall–Kier alpha value is -2.66. The van der Waals surface area contributed by atoms with E-state index in [9.17, 15) is 4.79 Å². The van der Waals surface area contributed by atoms with E-state index in [0.717, 1.165) is 34.2 Å². The number of amides is 1. The monoisotopic (exact) mass is 380 g/mol. The molecule has 0 aliphatic rings. The van der Waals surface area contributed by atoms with Crippen molar-refractivity contribution >= 4 is 17.2 Å². The highest BCUT2D eigenvalue weighted by molar-refractivity contribution is 7.13. The summed E-state index contributed by atoms with van der Waals surface area (Å²) in [5.41, 5.74) is 2.01. The summed E-state index contributed by atoms with van der Waals surface area (Å²) in [7, 11) is 1.83. The molecule has 1 amide bonds. The molecule has 0 fully saturated rings. The molecule has 0 spiro atoms. The van der Waals surface area contributed by atoms with Gasteiger partial charge >= 0.3 is 0 Å². The van der Waals surface area contributed by atoms with E-state index in [1.54, 1.807) is 4.90 Å². The Kier molecular flexibility index (Phi) is 6.60. The van der Waals surface area contributed by atoms with Gasteiger partial charge in [-0.25, -0.2) is 4.98 Å². The van der Waals surface area contributed by atoms with E-state index in [4.69, 9.17) is 4.74 Å². The lowest BCUT2D eigenvalue weighted by Crippen LogP contribution is -2.28. The third kappa shape index (κ3) is 5.41. The first-order valence-electron chi connectivity index (χ1n) is 9.07. The topological polar surface area (TPSA) is 42.4 Å². The van der Waals surface area contributed by atoms with Gasteiger partial charge in [0.1, 0.15) is 10.6 Å². The van der Waals surface area contributed by atoms with Gasteiger partial charge in [0.2, 0.25) is 0 Å². The van der Waals surface area contributed by atoms with Gasteiger partial charge in [-0.15, -0.1) is 11.3 Å². The van der Waals surface area contributed by atoms with Crippen LogP contribution >= 0.6 is 11.3 Å². The summed E-state index contributed by atoms with van der Waals surface area (Å²) >= 11 is 1.49. The molecule has 0 atom stereocenters. The van der Waals surface area contributed by atoms with Crippen LogP contribution < -0.4 is 4.74 Å². The Morgan fingerprint density at radius 1 is 1.07 bits per heavy atom. The number of hydrogen-bond acceptors (Lipinski definition) is 4. The Labute approximate surface area is 164 Å². The van der Waals surface area contributed by atoms with Crippen molar-refractivity contribution in [1.82, 2.24) is 9.88 Å². The van der Waals surface area contributed by atoms with Crippen LogP contribution in [0.2, 0.25) is 0 Å². The number of ether oxygens (including phenoxy) is 1. The first-order valence-corrected chi connectivity index (χ1v) is 9.88. The number of thiazole rings is 1. The fraction of sp³-hybridized carbons (Fsp3) is 0.273. The van der Waals surface area contributed by atoms with E-state index in [2.05, 4.69) is 17.1 Å². The maximum atomic E-state index is 12.8. The smallest absolute Gasteiger partial charge is 0.265 e. The van der Waals surface area contributed by atoms with E-state index >= 15 is 0 Å². The lowest BCUT2D eigenvalue weighted by Gasteiger charge is -2.16. The van der Waals surface area contributed by atoms with E-state index in [-0.39, 0.29) is 5.91 Å². The van der Waals surface area contributed by atoms with Crippen LogP contribution in [0, 0.1) is 6.92 Å². The van der Waals surface area contributed by atoms with Gasteiger partial charge in [0.15, 0.2) is 0 Å². The Morgan fingerprint density at radius 2 is 1.74 bits per heavy atom. The molecule has 0 saturated carbocycles. The first-order chi connectivity index (χ1) is 13.1. The molecule has 3 rings (SSSR count). The van der Waals surface area contributed by atoms with Gasteiger partial charge in [-0.2, -0.15) is 0 Å². The van der Waals surface area contributed by atoms with Gasteiger partial charge in [-0.1, -0.05) is 48.5 Å². The molecule has 0 aliphatic heterocycles. The van der Waals surface area contributed by atoms with E-state index in [0.29, 0.717) is 13.2 Å². The molecule has 140 valence electrons. The van der Waals surface area contributed by atoms with Gasteiger partial charge < -0.3 is 9.64 Å². The van der Waals surface area contributed by atoms with Crippen LogP contribution in [0.4, 0.5) is 0 Å². The van der Waals surface area contributed by atoms with Gasteiger partial charge in [0.05, 0.1) is 17.3 Å². The van der Waals surface area contributed by atoms with Crippen LogP contribution in [0.25, 0.3) is 0 Å². The summed E-state index contributed by atoms with van der Waals surface area (Å²) in [6, 6.07) is 19.9. The highest BCUT2D eigenvalue weighted by Crippen LogP contribution is 2.22. The second-order valence-corrected chi connectivity index (χ2v) is 7.51. The van der Waals surface area contributed by atoms with Gasteiger partial charge in [0.25, 0.3) is 5.91 Å². The van der Waals surface area contributed by atoms with Crippen molar-refractivity contribution in [1.29, 1.82) is 0 Å². The fourth-order valence-electron chi connectivity index (χ4n) is 2.78. The molecule has 5 heteroatoms. The molecule has 0 N–H and O–H groups in total. The summed E-state index contributed by atoms with van der Waals surface area (Å²) in [5, 5.41) is 0.975. The minimum atomic E-state index is 0.0315. The molecule has 1 aromatic heterocycles. The fourth-order valence-corrected chi connectivity index (χ4v) is 3.87. The molecule has 2 aromatic carbocycles. The SMILES string of the molecule is Cc1nc(Cc2ccccc2)sc1C(=O)N(C)CCCOc1ccccc1. The number of aryl methyl sites for hydroxylation is 1. The molecule has 0 bridgehead atoms. The second-order valence-electron chi connectivity index (χ2n) is 6.43. The predicted octanol–water partition coefficient (Wildman–Crippen LogP) is 4.58. The normalized spacial score (nSPS) is 10.6. The molecule has 4 nitrogen and oxygen atoms in total. The molecule has 0 aliphatic carbocycles. The van der Waals surface area contributed by atoms with Crippen molar-refractivity contribution in [2.45, 2.75) is 19.8 Å². The number of aromatic nitrogens is 1. The van der Waals surface area contributed by atoms with E-state index in [1.807, 2.05) is 62.5 Å². The van der Waals surface area contributed by atoms with Crippen molar-refractivity contribution < 1.29 is 9.53 Å². The van der Waals surface area contributed by atoms with Gasteiger partial charge in [-0.05, 0) is 31.0 Å². The highest BCUT2D eigenvalue weighted by Gasteiger charge is 2.19. The minimum Gasteiger partial charge on any atom is -0.494 e. The number of hydrogen-bond donors (Lipinski definition) is 0. The zero-order valence-electron chi connectivity index (χ0n) is 15.7. The summed E-state index contributed by atoms with van der Waals surface area (Å²) in [6.07, 6.45) is 1.54. The maximum absolute atomic E-state index is 12.8. The number of rotatable bonds is 8. The predicted molar refractivity (Wildman–Crippen MR) is 110 cm³/mol. The number of nitrogens with zero attached hydrogens (tertiary/aromatic N) is 2. The molecular weight excluding hydrogens is 356 g/mol. The Bertz CT molecular complexity index is 863. The van der Waals surface area contributed by atoms with E-state index in [1.165, 1.54) is 16.9 Å². The van der Waals surface area contributed by atoms with Crippen LogP contribution in [0.1, 0.15) is 32.4 Å². The van der Waals surface area contributed by atoms with Crippen LogP contribution in [-0.2, 0) is 6.42 Å². The lowest BCUT2D eigenvalue weighted by atomic mass is 10.2. The Morgan fingerprint density at radius 3 is 2.44 bits per heavy atom. The van der Waals surface area contributed by atoms with Crippen LogP contribution in [0.5, 0.6) is 5.75 Å². The summed E-state index contributed by atoms with van der Waals surface area (Å²) in [4.78, 5) is 19.8. The highest BCUT2D eigenvalue weighted by atomic mass is 32.1. The molecular formula is C22H24N2O2S. The number of para-hydroxylation sites is 1. The maximum Gasteiger partial charge on any atom is 0.265 e. The minimum absolute atomic E-state index is 0.0315. The average molecular weight is 381 g/mol. The van der Waals surface area contributed by atoms with Crippen molar-refractivity contribution in [2.75, 3.05) is 20.2 Å². The summed E-state index contributed by atoms with van der Waals surface area (Å²) < 4.78 is 5.69. The van der Waals surface area contributed by atoms with Crippen molar-refractivity contribution in [2.24, 2.45) is 0 Å². The molecule has 3 aromatic rings. The third-order valence-corrected chi connectivity index (χ3v) is 5.38. The van der Waals surface area contributed by atoms with Crippen molar-refractivity contribution in [3.05, 3.63) is 81.8 Å². The van der Waals surface area contributed by atoms with Gasteiger partial charge in [-0.3, -0.25) is 4.79 Å². The number of benzene rings is 2. The van der Waals surface area contributed by atoms with Crippen molar-refractivity contribution in [3.8, 4) is 5.75 Å². The van der Waals surface area contributed by atoms with Crippen LogP contribution in [0.3, 0.4) is 0 Å². The molecule has 0 saturated heterocycles. The van der Waals surface area contributed by atoms with Crippen LogP contribution in [-0.4, -0.2) is 36.0 Å². The second kappa shape index (κ2) is 9.33. The molecule has 0 unspecified atom stereocenters. The standard InChI is InChI=1S/C22H24N2O2S/c1-17-21(27-20(23-17)16-18-10-5-3-6-11-18)22(25)24(2)14-9-15-26-19-12-7-4-8-13-19/h3-8,10-13H,9,14-16H2,1-2H3. The molecule has 1 heterocycles. The van der Waals surface area contributed by atoms with E-state index < -0.39 is 0 Å². The first kappa shape index (κ1) is 19.1. The van der Waals surface area contributed by atoms with Crippen LogP contribution in [0.15, 0.2) is 60.7 Å². The Balaban J connectivity index is 1.52.